The van der Waals surface area contributed by atoms with E-state index in [1.807, 2.05) is 0 Å². The van der Waals surface area contributed by atoms with Crippen LogP contribution in [-0.2, 0) is 19.1 Å². The fourth-order valence-corrected chi connectivity index (χ4v) is 0.633. The van der Waals surface area contributed by atoms with Crippen LogP contribution < -0.4 is 0 Å². The molecule has 0 aromatic heterocycles. The van der Waals surface area contributed by atoms with Gasteiger partial charge in [-0.15, -0.1) is 0 Å². The van der Waals surface area contributed by atoms with Gasteiger partial charge in [-0.2, -0.15) is 0 Å². The Kier molecular flexibility index (Phi) is 1.67. The molecule has 1 radical (unpaired) electrons. The SMILES string of the molecule is O=[C]OC1COC(=O)C1. The topological polar surface area (TPSA) is 52.6 Å². The van der Waals surface area contributed by atoms with E-state index in [9.17, 15) is 9.59 Å². The van der Waals surface area contributed by atoms with E-state index >= 15 is 0 Å². The fourth-order valence-electron chi connectivity index (χ4n) is 0.633. The Morgan fingerprint density at radius 3 is 3.00 bits per heavy atom. The van der Waals surface area contributed by atoms with Crippen LogP contribution in [0.5, 0.6) is 0 Å². The molecule has 1 aliphatic heterocycles. The van der Waals surface area contributed by atoms with E-state index in [2.05, 4.69) is 9.47 Å². The third-order valence-corrected chi connectivity index (χ3v) is 1.04. The Hall–Kier alpha value is -1.06. The molecule has 1 saturated heterocycles. The minimum absolute atomic E-state index is 0.162. The second kappa shape index (κ2) is 2.48. The maximum Gasteiger partial charge on any atom is 0.417 e. The second-order valence-electron chi connectivity index (χ2n) is 1.71. The van der Waals surface area contributed by atoms with E-state index < -0.39 is 6.10 Å². The zero-order chi connectivity index (χ0) is 6.69. The average Bonchev–Trinajstić information content (AvgIpc) is 2.17. The van der Waals surface area contributed by atoms with Crippen LogP contribution >= 0.6 is 0 Å². The first kappa shape index (κ1) is 6.07. The molecule has 0 spiro atoms. The number of hydrogen-bond acceptors (Lipinski definition) is 4. The van der Waals surface area contributed by atoms with Gasteiger partial charge < -0.3 is 9.47 Å². The number of carbonyl (C=O) groups excluding carboxylic acids is 2. The van der Waals surface area contributed by atoms with E-state index in [4.69, 9.17) is 0 Å². The molecule has 0 aromatic rings. The third kappa shape index (κ3) is 1.42. The van der Waals surface area contributed by atoms with Gasteiger partial charge in [-0.25, -0.2) is 4.79 Å². The van der Waals surface area contributed by atoms with Gasteiger partial charge in [-0.1, -0.05) is 0 Å². The first-order chi connectivity index (χ1) is 4.33. The molecular formula is C5H5O4. The van der Waals surface area contributed by atoms with Gasteiger partial charge in [0.2, 0.25) is 0 Å². The Bertz CT molecular complexity index is 131. The second-order valence-corrected chi connectivity index (χ2v) is 1.71. The zero-order valence-electron chi connectivity index (χ0n) is 4.62. The number of cyclic esters (lactones) is 1. The van der Waals surface area contributed by atoms with Crippen molar-refractivity contribution in [3.8, 4) is 0 Å². The summed E-state index contributed by atoms with van der Waals surface area (Å²) in [6.45, 7) is 1.42. The van der Waals surface area contributed by atoms with E-state index in [0.717, 1.165) is 0 Å². The van der Waals surface area contributed by atoms with Crippen LogP contribution in [0, 0.1) is 0 Å². The van der Waals surface area contributed by atoms with Gasteiger partial charge >= 0.3 is 12.4 Å². The summed E-state index contributed by atoms with van der Waals surface area (Å²) in [5.41, 5.74) is 0. The predicted octanol–water partition coefficient (Wildman–Crippen LogP) is -0.614. The normalized spacial score (nSPS) is 25.3. The van der Waals surface area contributed by atoms with Gasteiger partial charge in [0.1, 0.15) is 12.7 Å². The van der Waals surface area contributed by atoms with E-state index in [1.54, 1.807) is 0 Å². The van der Waals surface area contributed by atoms with E-state index in [1.165, 1.54) is 6.47 Å². The highest BCUT2D eigenvalue weighted by molar-refractivity contribution is 5.72. The molecule has 0 saturated carbocycles. The van der Waals surface area contributed by atoms with Gasteiger partial charge in [-0.05, 0) is 0 Å². The molecule has 0 N–H and O–H groups in total. The average molecular weight is 129 g/mol. The van der Waals surface area contributed by atoms with Crippen molar-refractivity contribution in [2.75, 3.05) is 6.61 Å². The summed E-state index contributed by atoms with van der Waals surface area (Å²) in [6.07, 6.45) is -0.245. The van der Waals surface area contributed by atoms with Crippen LogP contribution in [0.25, 0.3) is 0 Å². The molecule has 0 amide bonds. The molecule has 4 heteroatoms. The first-order valence-electron chi connectivity index (χ1n) is 2.51. The molecule has 1 fully saturated rings. The third-order valence-electron chi connectivity index (χ3n) is 1.04. The standard InChI is InChI=1S/C5H5O4/c6-3-9-4-1-5(7)8-2-4/h4H,1-2H2. The smallest absolute Gasteiger partial charge is 0.417 e. The van der Waals surface area contributed by atoms with Crippen LogP contribution in [0.4, 0.5) is 0 Å². The molecule has 1 unspecified atom stereocenters. The number of ether oxygens (including phenoxy) is 2. The van der Waals surface area contributed by atoms with Crippen molar-refractivity contribution in [1.29, 1.82) is 0 Å². The van der Waals surface area contributed by atoms with E-state index in [0.29, 0.717) is 0 Å². The Labute approximate surface area is 51.7 Å². The highest BCUT2D eigenvalue weighted by atomic mass is 16.6. The van der Waals surface area contributed by atoms with Gasteiger partial charge in [0.25, 0.3) is 0 Å². The highest BCUT2D eigenvalue weighted by Crippen LogP contribution is 2.07. The molecule has 1 rings (SSSR count). The largest absolute Gasteiger partial charge is 0.462 e. The molecule has 1 atom stereocenters. The minimum atomic E-state index is -0.407. The Balaban J connectivity index is 2.29. The van der Waals surface area contributed by atoms with Gasteiger partial charge in [0.05, 0.1) is 6.42 Å². The molecule has 9 heavy (non-hydrogen) atoms. The van der Waals surface area contributed by atoms with Crippen LogP contribution in [0.1, 0.15) is 6.42 Å². The molecule has 4 nitrogen and oxygen atoms in total. The number of carbonyl (C=O) groups is 1. The van der Waals surface area contributed by atoms with Crippen molar-refractivity contribution in [2.45, 2.75) is 12.5 Å². The van der Waals surface area contributed by atoms with Gasteiger partial charge in [-0.3, -0.25) is 4.79 Å². The monoisotopic (exact) mass is 129 g/mol. The van der Waals surface area contributed by atoms with Gasteiger partial charge in [0, 0.05) is 0 Å². The lowest BCUT2D eigenvalue weighted by atomic mass is 10.3. The molecular weight excluding hydrogens is 124 g/mol. The van der Waals surface area contributed by atoms with Gasteiger partial charge in [0.15, 0.2) is 0 Å². The number of hydrogen-bond donors (Lipinski definition) is 0. The Morgan fingerprint density at radius 1 is 1.78 bits per heavy atom. The Morgan fingerprint density at radius 2 is 2.56 bits per heavy atom. The molecule has 0 aliphatic carbocycles. The fraction of sp³-hybridized carbons (Fsp3) is 0.600. The van der Waals surface area contributed by atoms with Crippen LogP contribution in [0.15, 0.2) is 0 Å². The summed E-state index contributed by atoms with van der Waals surface area (Å²) in [4.78, 5) is 19.8. The van der Waals surface area contributed by atoms with Crippen molar-refractivity contribution in [3.05, 3.63) is 0 Å². The maximum atomic E-state index is 10.3. The van der Waals surface area contributed by atoms with Crippen molar-refractivity contribution in [2.24, 2.45) is 0 Å². The number of esters is 1. The minimum Gasteiger partial charge on any atom is -0.462 e. The molecule has 0 bridgehead atoms. The van der Waals surface area contributed by atoms with Crippen molar-refractivity contribution in [3.63, 3.8) is 0 Å². The van der Waals surface area contributed by atoms with E-state index in [-0.39, 0.29) is 19.0 Å². The summed E-state index contributed by atoms with van der Waals surface area (Å²) in [6, 6.07) is 0. The van der Waals surface area contributed by atoms with Crippen LogP contribution in [-0.4, -0.2) is 25.2 Å². The summed E-state index contributed by atoms with van der Waals surface area (Å²) in [5.74, 6) is -0.324. The van der Waals surface area contributed by atoms with Crippen LogP contribution in [0.2, 0.25) is 0 Å². The lowest BCUT2D eigenvalue weighted by molar-refractivity contribution is -0.137. The lowest BCUT2D eigenvalue weighted by Gasteiger charge is -1.98. The highest BCUT2D eigenvalue weighted by Gasteiger charge is 2.24. The lowest BCUT2D eigenvalue weighted by Crippen LogP contribution is -2.10. The quantitative estimate of drug-likeness (QED) is 0.466. The number of rotatable bonds is 2. The molecule has 1 aliphatic rings. The van der Waals surface area contributed by atoms with Crippen molar-refractivity contribution in [1.82, 2.24) is 0 Å². The van der Waals surface area contributed by atoms with Crippen molar-refractivity contribution < 1.29 is 19.1 Å². The van der Waals surface area contributed by atoms with Crippen LogP contribution in [0.3, 0.4) is 0 Å². The molecule has 49 valence electrons. The summed E-state index contributed by atoms with van der Waals surface area (Å²) < 4.78 is 8.80. The summed E-state index contributed by atoms with van der Waals surface area (Å²) >= 11 is 0. The summed E-state index contributed by atoms with van der Waals surface area (Å²) in [5, 5.41) is 0. The molecule has 0 aromatic carbocycles. The first-order valence-corrected chi connectivity index (χ1v) is 2.51. The summed E-state index contributed by atoms with van der Waals surface area (Å²) in [7, 11) is 0. The maximum absolute atomic E-state index is 10.3. The molecule has 1 heterocycles. The van der Waals surface area contributed by atoms with Crippen molar-refractivity contribution >= 4 is 12.4 Å². The predicted molar refractivity (Wildman–Crippen MR) is 26.1 cm³/mol. The zero-order valence-corrected chi connectivity index (χ0v) is 4.62.